The first-order valence-electron chi connectivity index (χ1n) is 13.9. The molecule has 0 fully saturated rings. The highest BCUT2D eigenvalue weighted by atomic mass is 16.4. The summed E-state index contributed by atoms with van der Waals surface area (Å²) in [4.78, 5) is 51.4. The molecular formula is C34H42O8. The average Bonchev–Trinajstić information content (AvgIpc) is 2.76. The van der Waals surface area contributed by atoms with Crippen LogP contribution in [0.3, 0.4) is 0 Å². The van der Waals surface area contributed by atoms with Crippen molar-refractivity contribution < 1.29 is 39.6 Å². The second-order valence-electron chi connectivity index (χ2n) is 15.2. The summed E-state index contributed by atoms with van der Waals surface area (Å²) in [5.74, 6) is -5.49. The van der Waals surface area contributed by atoms with Gasteiger partial charge in [-0.2, -0.15) is 0 Å². The number of hydrogen-bond acceptors (Lipinski definition) is 4. The van der Waals surface area contributed by atoms with E-state index in [1.165, 1.54) is 0 Å². The van der Waals surface area contributed by atoms with Crippen LogP contribution in [0.1, 0.15) is 147 Å². The number of carboxylic acid groups (broad SMARTS) is 4. The van der Waals surface area contributed by atoms with Gasteiger partial charge in [0.2, 0.25) is 0 Å². The first-order valence-corrected chi connectivity index (χ1v) is 13.9. The molecule has 0 aliphatic heterocycles. The van der Waals surface area contributed by atoms with Crippen molar-refractivity contribution in [2.75, 3.05) is 0 Å². The molecule has 0 amide bonds. The number of aromatic carboxylic acids is 4. The lowest BCUT2D eigenvalue weighted by Crippen LogP contribution is -2.28. The maximum absolute atomic E-state index is 12.8. The van der Waals surface area contributed by atoms with Crippen LogP contribution in [0, 0.1) is 0 Å². The molecule has 0 radical (unpaired) electrons. The fraction of sp³-hybridized carbons (Fsp3) is 0.471. The van der Waals surface area contributed by atoms with Crippen LogP contribution in [-0.4, -0.2) is 44.3 Å². The fourth-order valence-electron chi connectivity index (χ4n) is 6.44. The molecule has 0 atom stereocenters. The van der Waals surface area contributed by atoms with Gasteiger partial charge < -0.3 is 20.4 Å². The third-order valence-corrected chi connectivity index (χ3v) is 7.59. The van der Waals surface area contributed by atoms with Crippen molar-refractivity contribution in [1.82, 2.24) is 0 Å². The molecule has 3 aromatic rings. The van der Waals surface area contributed by atoms with Crippen molar-refractivity contribution >= 4 is 45.4 Å². The molecule has 0 aromatic heterocycles. The summed E-state index contributed by atoms with van der Waals surface area (Å²) in [5.41, 5.74) is -3.28. The molecule has 226 valence electrons. The number of rotatable bonds is 4. The fourth-order valence-corrected chi connectivity index (χ4v) is 6.44. The van der Waals surface area contributed by atoms with E-state index in [2.05, 4.69) is 0 Å². The molecule has 0 aliphatic rings. The maximum Gasteiger partial charge on any atom is 0.336 e. The zero-order valence-corrected chi connectivity index (χ0v) is 26.6. The van der Waals surface area contributed by atoms with Gasteiger partial charge in [0, 0.05) is 0 Å². The number of hydrogen-bond donors (Lipinski definition) is 4. The van der Waals surface area contributed by atoms with Gasteiger partial charge in [0.25, 0.3) is 0 Å². The van der Waals surface area contributed by atoms with Gasteiger partial charge in [-0.15, -0.1) is 0 Å². The lowest BCUT2D eigenvalue weighted by molar-refractivity contribution is 0.0647. The molecule has 0 spiro atoms. The summed E-state index contributed by atoms with van der Waals surface area (Å²) >= 11 is 0. The second-order valence-corrected chi connectivity index (χ2v) is 15.2. The quantitative estimate of drug-likeness (QED) is 0.228. The Kier molecular flexibility index (Phi) is 7.61. The molecule has 4 N–H and O–H groups in total. The standard InChI is InChI=1S/C34H42O8/c1-31(2,3)23-15-13-17-18(14-16(15)24(32(4,5)6)20(28(37)38)19(23)27(35)36)26(34(10,11)12)22(30(41)42)21(29(39)40)25(17)33(7,8)9/h13-14H,1-12H3,(H,35,36)(H,37,38)(H,39,40)(H,41,42). The van der Waals surface area contributed by atoms with E-state index in [0.717, 1.165) is 0 Å². The number of carbonyl (C=O) groups is 4. The first-order chi connectivity index (χ1) is 18.7. The molecule has 42 heavy (non-hydrogen) atoms. The lowest BCUT2D eigenvalue weighted by Gasteiger charge is -2.34. The highest BCUT2D eigenvalue weighted by Gasteiger charge is 2.39. The highest BCUT2D eigenvalue weighted by Crippen LogP contribution is 2.48. The van der Waals surface area contributed by atoms with Gasteiger partial charge >= 0.3 is 23.9 Å². The van der Waals surface area contributed by atoms with Crippen molar-refractivity contribution in [3.8, 4) is 0 Å². The number of fused-ring (bicyclic) bond motifs is 2. The van der Waals surface area contributed by atoms with E-state index in [1.807, 2.05) is 83.1 Å². The minimum atomic E-state index is -1.37. The van der Waals surface area contributed by atoms with E-state index in [4.69, 9.17) is 0 Å². The smallest absolute Gasteiger partial charge is 0.336 e. The number of carboxylic acids is 4. The van der Waals surface area contributed by atoms with Gasteiger partial charge in [-0.1, -0.05) is 83.1 Å². The molecule has 3 rings (SSSR count). The van der Waals surface area contributed by atoms with Gasteiger partial charge in [0.05, 0.1) is 22.3 Å². The monoisotopic (exact) mass is 578 g/mol. The van der Waals surface area contributed by atoms with Crippen LogP contribution in [0.15, 0.2) is 12.1 Å². The molecule has 3 aromatic carbocycles. The normalized spacial score (nSPS) is 13.0. The molecule has 8 heteroatoms. The number of benzene rings is 3. The van der Waals surface area contributed by atoms with Crippen molar-refractivity contribution in [1.29, 1.82) is 0 Å². The Bertz CT molecular complexity index is 1450. The predicted octanol–water partition coefficient (Wildman–Crippen LogP) is 7.98. The summed E-state index contributed by atoms with van der Waals surface area (Å²) in [6, 6.07) is 3.51. The van der Waals surface area contributed by atoms with Gasteiger partial charge in [-0.05, 0) is 77.6 Å². The highest BCUT2D eigenvalue weighted by molar-refractivity contribution is 6.17. The van der Waals surface area contributed by atoms with Crippen LogP contribution < -0.4 is 0 Å². The first kappa shape index (κ1) is 32.6. The van der Waals surface area contributed by atoms with E-state index in [0.29, 0.717) is 43.8 Å². The van der Waals surface area contributed by atoms with Crippen molar-refractivity contribution in [2.45, 2.75) is 105 Å². The van der Waals surface area contributed by atoms with Crippen molar-refractivity contribution in [3.05, 3.63) is 56.6 Å². The molecule has 0 aliphatic carbocycles. The van der Waals surface area contributed by atoms with Gasteiger partial charge in [-0.3, -0.25) is 0 Å². The van der Waals surface area contributed by atoms with Gasteiger partial charge in [-0.25, -0.2) is 19.2 Å². The Morgan fingerprint density at radius 3 is 0.619 bits per heavy atom. The third kappa shape index (κ3) is 5.23. The van der Waals surface area contributed by atoms with Crippen LogP contribution >= 0.6 is 0 Å². The van der Waals surface area contributed by atoms with Gasteiger partial charge in [0.15, 0.2) is 0 Å². The van der Waals surface area contributed by atoms with E-state index in [9.17, 15) is 39.6 Å². The Morgan fingerprint density at radius 1 is 0.381 bits per heavy atom. The van der Waals surface area contributed by atoms with Crippen LogP contribution in [0.25, 0.3) is 21.5 Å². The van der Waals surface area contributed by atoms with Gasteiger partial charge in [0.1, 0.15) is 0 Å². The van der Waals surface area contributed by atoms with Crippen LogP contribution in [0.2, 0.25) is 0 Å². The van der Waals surface area contributed by atoms with E-state index < -0.39 is 45.5 Å². The second kappa shape index (κ2) is 9.82. The van der Waals surface area contributed by atoms with Crippen molar-refractivity contribution in [2.24, 2.45) is 0 Å². The summed E-state index contributed by atoms with van der Waals surface area (Å²) in [5, 5.41) is 43.8. The zero-order valence-electron chi connectivity index (χ0n) is 26.6. The van der Waals surface area contributed by atoms with E-state index in [1.54, 1.807) is 12.1 Å². The SMILES string of the molecule is CC(C)(C)c1c(C(=O)O)c(C(=O)O)c(C(C)(C)C)c2cc3c(C(C)(C)C)c(C(=O)O)c(C(=O)O)c(C(C)(C)C)c3cc12. The summed E-state index contributed by atoms with van der Waals surface area (Å²) in [6.45, 7) is 21.7. The predicted molar refractivity (Wildman–Crippen MR) is 164 cm³/mol. The summed E-state index contributed by atoms with van der Waals surface area (Å²) < 4.78 is 0. The maximum atomic E-state index is 12.8. The molecule has 0 unspecified atom stereocenters. The Hall–Kier alpha value is -3.94. The largest absolute Gasteiger partial charge is 0.478 e. The van der Waals surface area contributed by atoms with Crippen molar-refractivity contribution in [3.63, 3.8) is 0 Å². The molecule has 0 bridgehead atoms. The van der Waals surface area contributed by atoms with Crippen LogP contribution in [0.4, 0.5) is 0 Å². The molecule has 0 saturated carbocycles. The molecule has 0 saturated heterocycles. The summed E-state index contributed by atoms with van der Waals surface area (Å²) in [6.07, 6.45) is 0. The Labute approximate surface area is 246 Å². The Morgan fingerprint density at radius 2 is 0.524 bits per heavy atom. The molecular weight excluding hydrogens is 536 g/mol. The van der Waals surface area contributed by atoms with E-state index >= 15 is 0 Å². The molecule has 8 nitrogen and oxygen atoms in total. The summed E-state index contributed by atoms with van der Waals surface area (Å²) in [7, 11) is 0. The molecule has 0 heterocycles. The lowest BCUT2D eigenvalue weighted by atomic mass is 9.69. The van der Waals surface area contributed by atoms with E-state index in [-0.39, 0.29) is 22.3 Å². The third-order valence-electron chi connectivity index (χ3n) is 7.59. The minimum Gasteiger partial charge on any atom is -0.478 e. The van der Waals surface area contributed by atoms with Crippen LogP contribution in [-0.2, 0) is 21.7 Å². The topological polar surface area (TPSA) is 149 Å². The zero-order chi connectivity index (χ0) is 32.7. The average molecular weight is 579 g/mol. The van der Waals surface area contributed by atoms with Crippen LogP contribution in [0.5, 0.6) is 0 Å². The minimum absolute atomic E-state index is 0.305. The Balaban J connectivity index is 3.08.